The summed E-state index contributed by atoms with van der Waals surface area (Å²) in [6.45, 7) is 0. The van der Waals surface area contributed by atoms with E-state index in [1.165, 1.54) is 109 Å². The van der Waals surface area contributed by atoms with Crippen LogP contribution in [0, 0.1) is 0 Å². The van der Waals surface area contributed by atoms with Crippen molar-refractivity contribution in [2.75, 3.05) is 0 Å². The zero-order valence-corrected chi connectivity index (χ0v) is 28.5. The molecule has 0 nitrogen and oxygen atoms in total. The molecule has 0 aliphatic rings. The lowest BCUT2D eigenvalue weighted by atomic mass is 9.83. The molecule has 0 amide bonds. The summed E-state index contributed by atoms with van der Waals surface area (Å²) in [5.74, 6) is 0. The monoisotopic (exact) mass is 656 g/mol. The maximum atomic E-state index is 2.46. The van der Waals surface area contributed by atoms with Crippen molar-refractivity contribution in [1.82, 2.24) is 0 Å². The van der Waals surface area contributed by atoms with Gasteiger partial charge in [-0.1, -0.05) is 158 Å². The van der Waals surface area contributed by atoms with Gasteiger partial charge in [-0.2, -0.15) is 0 Å². The van der Waals surface area contributed by atoms with Gasteiger partial charge in [-0.3, -0.25) is 0 Å². The molecule has 240 valence electrons. The number of hydrogen-bond acceptors (Lipinski definition) is 0. The van der Waals surface area contributed by atoms with E-state index in [-0.39, 0.29) is 0 Å². The minimum atomic E-state index is 1.22. The van der Waals surface area contributed by atoms with Crippen LogP contribution < -0.4 is 0 Å². The fourth-order valence-corrected chi connectivity index (χ4v) is 8.69. The molecule has 0 saturated heterocycles. The van der Waals surface area contributed by atoms with Gasteiger partial charge in [0.25, 0.3) is 0 Å². The van der Waals surface area contributed by atoms with Crippen molar-refractivity contribution in [2.45, 2.75) is 0 Å². The Morgan fingerprint density at radius 1 is 0.192 bits per heavy atom. The van der Waals surface area contributed by atoms with Crippen LogP contribution in [0.25, 0.3) is 109 Å². The van der Waals surface area contributed by atoms with Gasteiger partial charge >= 0.3 is 0 Å². The second kappa shape index (κ2) is 11.4. The van der Waals surface area contributed by atoms with Gasteiger partial charge in [-0.15, -0.1) is 0 Å². The highest BCUT2D eigenvalue weighted by molar-refractivity contribution is 6.23. The first-order chi connectivity index (χ1) is 25.8. The smallest absolute Gasteiger partial charge is 0.00259 e. The predicted molar refractivity (Wildman–Crippen MR) is 225 cm³/mol. The van der Waals surface area contributed by atoms with E-state index in [4.69, 9.17) is 0 Å². The Hall–Kier alpha value is -6.76. The molecule has 11 aromatic carbocycles. The molecule has 11 rings (SSSR count). The van der Waals surface area contributed by atoms with Crippen LogP contribution in [0.1, 0.15) is 0 Å². The molecule has 0 fully saturated rings. The molecule has 11 aromatic rings. The van der Waals surface area contributed by atoms with E-state index in [1.54, 1.807) is 0 Å². The van der Waals surface area contributed by atoms with Crippen molar-refractivity contribution in [3.63, 3.8) is 0 Å². The third-order valence-electron chi connectivity index (χ3n) is 11.1. The van der Waals surface area contributed by atoms with Gasteiger partial charge in [0, 0.05) is 0 Å². The Kier molecular flexibility index (Phi) is 6.35. The lowest BCUT2D eigenvalue weighted by Gasteiger charge is -2.20. The molecule has 0 radical (unpaired) electrons. The average molecular weight is 657 g/mol. The minimum absolute atomic E-state index is 1.22. The molecule has 0 aliphatic heterocycles. The van der Waals surface area contributed by atoms with Gasteiger partial charge in [0.05, 0.1) is 0 Å². The van der Waals surface area contributed by atoms with Crippen LogP contribution >= 0.6 is 0 Å². The van der Waals surface area contributed by atoms with Crippen LogP contribution in [0.15, 0.2) is 194 Å². The molecule has 0 bridgehead atoms. The molecule has 0 spiro atoms. The van der Waals surface area contributed by atoms with Gasteiger partial charge in [0.2, 0.25) is 0 Å². The SMILES string of the molecule is c1ccc2cc(-c3c4ccccc4c(-c4ccc5ccccc5c4)c4cc(-c5cc6cc7ccccc7cc6c6ccccc56)ccc34)ccc2c1. The maximum absolute atomic E-state index is 2.46. The van der Waals surface area contributed by atoms with E-state index < -0.39 is 0 Å². The van der Waals surface area contributed by atoms with Crippen molar-refractivity contribution in [2.24, 2.45) is 0 Å². The lowest BCUT2D eigenvalue weighted by molar-refractivity contribution is 1.67. The van der Waals surface area contributed by atoms with Crippen LogP contribution in [-0.2, 0) is 0 Å². The highest BCUT2D eigenvalue weighted by Gasteiger charge is 2.19. The molecule has 0 saturated carbocycles. The third kappa shape index (κ3) is 4.48. The highest BCUT2D eigenvalue weighted by Crippen LogP contribution is 2.46. The van der Waals surface area contributed by atoms with E-state index in [1.807, 2.05) is 0 Å². The first-order valence-corrected chi connectivity index (χ1v) is 18.1. The standard InChI is InChI=1S/C52H32/c1-3-13-35-27-40(23-21-33(35)11-1)51-45-19-9-10-20-46(45)52(41-24-22-34-12-2-4-14-36(34)28-41)50-31-39(25-26-47(50)51)48-32-42-29-37-15-5-6-16-38(37)30-49(42)44-18-8-7-17-43(44)48/h1-32H. The van der Waals surface area contributed by atoms with E-state index in [0.29, 0.717) is 0 Å². The summed E-state index contributed by atoms with van der Waals surface area (Å²) in [6, 6.07) is 72.1. The Labute approximate surface area is 301 Å². The summed E-state index contributed by atoms with van der Waals surface area (Å²) in [5.41, 5.74) is 7.50. The van der Waals surface area contributed by atoms with Crippen LogP contribution in [0.2, 0.25) is 0 Å². The van der Waals surface area contributed by atoms with E-state index in [0.717, 1.165) is 0 Å². The topological polar surface area (TPSA) is 0 Å². The van der Waals surface area contributed by atoms with Crippen LogP contribution in [0.4, 0.5) is 0 Å². The van der Waals surface area contributed by atoms with Gasteiger partial charge in [0.15, 0.2) is 0 Å². The summed E-state index contributed by atoms with van der Waals surface area (Å²) in [4.78, 5) is 0. The molecule has 0 aliphatic carbocycles. The maximum Gasteiger partial charge on any atom is -0.00259 e. The van der Waals surface area contributed by atoms with Crippen molar-refractivity contribution >= 4 is 75.4 Å². The predicted octanol–water partition coefficient (Wildman–Crippen LogP) is 14.8. The number of fused-ring (bicyclic) bond motifs is 8. The van der Waals surface area contributed by atoms with Crippen LogP contribution in [0.5, 0.6) is 0 Å². The molecule has 0 heterocycles. The zero-order valence-electron chi connectivity index (χ0n) is 28.5. The average Bonchev–Trinajstić information content (AvgIpc) is 3.21. The second-order valence-corrected chi connectivity index (χ2v) is 14.1. The Bertz CT molecular complexity index is 3240. The van der Waals surface area contributed by atoms with Gasteiger partial charge in [0.1, 0.15) is 0 Å². The number of benzene rings is 11. The van der Waals surface area contributed by atoms with E-state index >= 15 is 0 Å². The summed E-state index contributed by atoms with van der Waals surface area (Å²) in [7, 11) is 0. The Morgan fingerprint density at radius 3 is 1.25 bits per heavy atom. The van der Waals surface area contributed by atoms with E-state index in [9.17, 15) is 0 Å². The zero-order chi connectivity index (χ0) is 34.2. The highest BCUT2D eigenvalue weighted by atomic mass is 14.2. The summed E-state index contributed by atoms with van der Waals surface area (Å²) in [5, 5.41) is 17.7. The van der Waals surface area contributed by atoms with Gasteiger partial charge in [-0.05, 0) is 145 Å². The Morgan fingerprint density at radius 2 is 0.635 bits per heavy atom. The largest absolute Gasteiger partial charge is 0.0616 e. The Balaban J connectivity index is 1.26. The number of hydrogen-bond donors (Lipinski definition) is 0. The molecule has 0 aromatic heterocycles. The normalized spacial score (nSPS) is 11.8. The summed E-state index contributed by atoms with van der Waals surface area (Å²) >= 11 is 0. The molecular weight excluding hydrogens is 625 g/mol. The lowest BCUT2D eigenvalue weighted by Crippen LogP contribution is -1.92. The summed E-state index contributed by atoms with van der Waals surface area (Å²) in [6.07, 6.45) is 0. The minimum Gasteiger partial charge on any atom is -0.0616 e. The third-order valence-corrected chi connectivity index (χ3v) is 11.1. The molecule has 0 heteroatoms. The first kappa shape index (κ1) is 29.0. The second-order valence-electron chi connectivity index (χ2n) is 14.1. The molecular formula is C52H32. The van der Waals surface area contributed by atoms with Crippen molar-refractivity contribution in [1.29, 1.82) is 0 Å². The van der Waals surface area contributed by atoms with Crippen molar-refractivity contribution in [3.8, 4) is 33.4 Å². The van der Waals surface area contributed by atoms with Crippen molar-refractivity contribution < 1.29 is 0 Å². The first-order valence-electron chi connectivity index (χ1n) is 18.1. The molecule has 0 N–H and O–H groups in total. The van der Waals surface area contributed by atoms with Crippen molar-refractivity contribution in [3.05, 3.63) is 194 Å². The van der Waals surface area contributed by atoms with Crippen LogP contribution in [-0.4, -0.2) is 0 Å². The van der Waals surface area contributed by atoms with Gasteiger partial charge in [-0.25, -0.2) is 0 Å². The van der Waals surface area contributed by atoms with Crippen LogP contribution in [0.3, 0.4) is 0 Å². The fraction of sp³-hybridized carbons (Fsp3) is 0. The molecule has 0 unspecified atom stereocenters. The fourth-order valence-electron chi connectivity index (χ4n) is 8.69. The quantitative estimate of drug-likeness (QED) is 0.131. The van der Waals surface area contributed by atoms with E-state index in [2.05, 4.69) is 194 Å². The molecule has 0 atom stereocenters. The molecule has 52 heavy (non-hydrogen) atoms. The van der Waals surface area contributed by atoms with Gasteiger partial charge < -0.3 is 0 Å². The summed E-state index contributed by atoms with van der Waals surface area (Å²) < 4.78 is 0. The number of rotatable bonds is 3.